The number of nitrogens with two attached hydrogens (primary N) is 1. The Balaban J connectivity index is 2.15. The molecule has 1 aliphatic rings. The van der Waals surface area contributed by atoms with Gasteiger partial charge in [0.2, 0.25) is 0 Å². The molecule has 5 heteroatoms. The number of pyridine rings is 1. The van der Waals surface area contributed by atoms with E-state index in [-0.39, 0.29) is 17.6 Å². The lowest BCUT2D eigenvalue weighted by molar-refractivity contribution is 0.0728. The molecule has 17 heavy (non-hydrogen) atoms. The molecule has 1 fully saturated rings. The standard InChI is InChI=1S/C12H17N3O2/c1-8-12(2,4-6-17-8)15-11(16)9-3-5-14-7-10(9)13/h3,5,7-8H,4,6,13H2,1-2H3,(H,15,16). The molecule has 2 unspecified atom stereocenters. The molecular formula is C12H17N3O2. The number of nitrogens with one attached hydrogen (secondary N) is 1. The number of amides is 1. The summed E-state index contributed by atoms with van der Waals surface area (Å²) in [5.41, 5.74) is 6.24. The van der Waals surface area contributed by atoms with Gasteiger partial charge in [-0.2, -0.15) is 0 Å². The highest BCUT2D eigenvalue weighted by Gasteiger charge is 2.38. The van der Waals surface area contributed by atoms with Crippen molar-refractivity contribution in [3.05, 3.63) is 24.0 Å². The van der Waals surface area contributed by atoms with Crippen LogP contribution in [0.5, 0.6) is 0 Å². The molecule has 0 spiro atoms. The van der Waals surface area contributed by atoms with E-state index in [9.17, 15) is 4.79 Å². The number of carbonyl (C=O) groups is 1. The van der Waals surface area contributed by atoms with E-state index in [1.807, 2.05) is 13.8 Å². The van der Waals surface area contributed by atoms with Gasteiger partial charge in [-0.05, 0) is 26.3 Å². The highest BCUT2D eigenvalue weighted by atomic mass is 16.5. The van der Waals surface area contributed by atoms with Gasteiger partial charge in [0, 0.05) is 12.8 Å². The molecule has 2 heterocycles. The van der Waals surface area contributed by atoms with Crippen LogP contribution >= 0.6 is 0 Å². The third-order valence-corrected chi connectivity index (χ3v) is 3.38. The van der Waals surface area contributed by atoms with Gasteiger partial charge in [-0.15, -0.1) is 0 Å². The summed E-state index contributed by atoms with van der Waals surface area (Å²) >= 11 is 0. The summed E-state index contributed by atoms with van der Waals surface area (Å²) < 4.78 is 5.48. The second-order valence-electron chi connectivity index (χ2n) is 4.60. The molecule has 1 aromatic rings. The largest absolute Gasteiger partial charge is 0.397 e. The van der Waals surface area contributed by atoms with Gasteiger partial charge in [0.25, 0.3) is 5.91 Å². The van der Waals surface area contributed by atoms with Crippen molar-refractivity contribution in [1.29, 1.82) is 0 Å². The summed E-state index contributed by atoms with van der Waals surface area (Å²) in [5.74, 6) is -0.176. The molecule has 0 aromatic carbocycles. The van der Waals surface area contributed by atoms with Crippen LogP contribution in [0.4, 0.5) is 5.69 Å². The Morgan fingerprint density at radius 3 is 3.06 bits per heavy atom. The molecule has 92 valence electrons. The summed E-state index contributed by atoms with van der Waals surface area (Å²) in [6.45, 7) is 4.62. The Bertz CT molecular complexity index is 436. The van der Waals surface area contributed by atoms with E-state index >= 15 is 0 Å². The lowest BCUT2D eigenvalue weighted by Crippen LogP contribution is -2.50. The fourth-order valence-corrected chi connectivity index (χ4v) is 1.94. The number of nitrogen functional groups attached to an aromatic ring is 1. The minimum absolute atomic E-state index is 0.00881. The first-order chi connectivity index (χ1) is 8.03. The quantitative estimate of drug-likeness (QED) is 0.800. The SMILES string of the molecule is CC1OCCC1(C)NC(=O)c1ccncc1N. The van der Waals surface area contributed by atoms with Crippen LogP contribution < -0.4 is 11.1 Å². The van der Waals surface area contributed by atoms with Crippen LogP contribution in [0.25, 0.3) is 0 Å². The van der Waals surface area contributed by atoms with Crippen LogP contribution in [0.1, 0.15) is 30.6 Å². The van der Waals surface area contributed by atoms with Crippen molar-refractivity contribution in [1.82, 2.24) is 10.3 Å². The van der Waals surface area contributed by atoms with Gasteiger partial charge in [-0.25, -0.2) is 0 Å². The summed E-state index contributed by atoms with van der Waals surface area (Å²) in [6, 6.07) is 1.62. The Kier molecular flexibility index (Phi) is 3.02. The maximum absolute atomic E-state index is 12.1. The van der Waals surface area contributed by atoms with E-state index in [0.717, 1.165) is 6.42 Å². The number of nitrogens with zero attached hydrogens (tertiary/aromatic N) is 1. The Hall–Kier alpha value is -1.62. The molecule has 1 saturated heterocycles. The minimum atomic E-state index is -0.327. The number of carbonyl (C=O) groups excluding carboxylic acids is 1. The van der Waals surface area contributed by atoms with Crippen molar-refractivity contribution in [2.24, 2.45) is 0 Å². The average molecular weight is 235 g/mol. The molecule has 3 N–H and O–H groups in total. The minimum Gasteiger partial charge on any atom is -0.397 e. The van der Waals surface area contributed by atoms with Crippen molar-refractivity contribution in [2.75, 3.05) is 12.3 Å². The van der Waals surface area contributed by atoms with Crippen LogP contribution in [0.15, 0.2) is 18.5 Å². The summed E-state index contributed by atoms with van der Waals surface area (Å²) in [6.07, 6.45) is 3.85. The maximum Gasteiger partial charge on any atom is 0.253 e. The van der Waals surface area contributed by atoms with Gasteiger partial charge in [0.1, 0.15) is 0 Å². The van der Waals surface area contributed by atoms with Crippen LogP contribution in [0.3, 0.4) is 0 Å². The topological polar surface area (TPSA) is 77.2 Å². The zero-order valence-corrected chi connectivity index (χ0v) is 10.1. The summed E-state index contributed by atoms with van der Waals surface area (Å²) in [7, 11) is 0. The Labute approximate surface area is 100 Å². The van der Waals surface area contributed by atoms with Crippen molar-refractivity contribution in [3.8, 4) is 0 Å². The smallest absolute Gasteiger partial charge is 0.253 e. The van der Waals surface area contributed by atoms with Crippen LogP contribution in [0, 0.1) is 0 Å². The number of hydrogen-bond acceptors (Lipinski definition) is 4. The highest BCUT2D eigenvalue weighted by Crippen LogP contribution is 2.25. The zero-order chi connectivity index (χ0) is 12.5. The van der Waals surface area contributed by atoms with E-state index in [4.69, 9.17) is 10.5 Å². The third-order valence-electron chi connectivity index (χ3n) is 3.38. The Morgan fingerprint density at radius 1 is 1.71 bits per heavy atom. The molecule has 1 aliphatic heterocycles. The van der Waals surface area contributed by atoms with Crippen molar-refractivity contribution >= 4 is 11.6 Å². The maximum atomic E-state index is 12.1. The van der Waals surface area contributed by atoms with Crippen LogP contribution in [-0.2, 0) is 4.74 Å². The molecule has 0 saturated carbocycles. The lowest BCUT2D eigenvalue weighted by atomic mass is 9.94. The number of aromatic nitrogens is 1. The van der Waals surface area contributed by atoms with Crippen molar-refractivity contribution < 1.29 is 9.53 Å². The van der Waals surface area contributed by atoms with E-state index in [1.165, 1.54) is 6.20 Å². The fraction of sp³-hybridized carbons (Fsp3) is 0.500. The molecule has 0 bridgehead atoms. The van der Waals surface area contributed by atoms with Gasteiger partial charge in [-0.3, -0.25) is 9.78 Å². The first-order valence-corrected chi connectivity index (χ1v) is 5.66. The summed E-state index contributed by atoms with van der Waals surface area (Å²) in [5, 5.41) is 2.99. The Morgan fingerprint density at radius 2 is 2.47 bits per heavy atom. The molecular weight excluding hydrogens is 218 g/mol. The first kappa shape index (κ1) is 11.9. The molecule has 2 rings (SSSR count). The van der Waals surface area contributed by atoms with Gasteiger partial charge in [0.15, 0.2) is 0 Å². The second-order valence-corrected chi connectivity index (χ2v) is 4.60. The van der Waals surface area contributed by atoms with E-state index < -0.39 is 0 Å². The fourth-order valence-electron chi connectivity index (χ4n) is 1.94. The molecule has 0 aliphatic carbocycles. The molecule has 2 atom stereocenters. The van der Waals surface area contributed by atoms with E-state index in [1.54, 1.807) is 12.3 Å². The third kappa shape index (κ3) is 2.24. The van der Waals surface area contributed by atoms with Crippen LogP contribution in [-0.4, -0.2) is 29.1 Å². The summed E-state index contributed by atoms with van der Waals surface area (Å²) in [4.78, 5) is 16.0. The van der Waals surface area contributed by atoms with Gasteiger partial charge >= 0.3 is 0 Å². The lowest BCUT2D eigenvalue weighted by Gasteiger charge is -2.29. The van der Waals surface area contributed by atoms with Gasteiger partial charge < -0.3 is 15.8 Å². The number of anilines is 1. The number of ether oxygens (including phenoxy) is 1. The average Bonchev–Trinajstić information content (AvgIpc) is 2.59. The molecule has 1 aromatic heterocycles. The van der Waals surface area contributed by atoms with Crippen LogP contribution in [0.2, 0.25) is 0 Å². The second kappa shape index (κ2) is 4.33. The molecule has 5 nitrogen and oxygen atoms in total. The van der Waals surface area contributed by atoms with Gasteiger partial charge in [0.05, 0.1) is 29.1 Å². The number of hydrogen-bond donors (Lipinski definition) is 2. The highest BCUT2D eigenvalue weighted by molar-refractivity contribution is 5.99. The van der Waals surface area contributed by atoms with E-state index in [2.05, 4.69) is 10.3 Å². The first-order valence-electron chi connectivity index (χ1n) is 5.66. The predicted molar refractivity (Wildman–Crippen MR) is 64.6 cm³/mol. The molecule has 1 amide bonds. The normalized spacial score (nSPS) is 28.0. The molecule has 0 radical (unpaired) electrons. The van der Waals surface area contributed by atoms with Gasteiger partial charge in [-0.1, -0.05) is 0 Å². The zero-order valence-electron chi connectivity index (χ0n) is 10.1. The monoisotopic (exact) mass is 235 g/mol. The van der Waals surface area contributed by atoms with Crippen molar-refractivity contribution in [3.63, 3.8) is 0 Å². The van der Waals surface area contributed by atoms with Crippen molar-refractivity contribution in [2.45, 2.75) is 31.9 Å². The van der Waals surface area contributed by atoms with E-state index in [0.29, 0.717) is 17.9 Å². The number of rotatable bonds is 2. The predicted octanol–water partition coefficient (Wildman–Crippen LogP) is 0.961.